The van der Waals surface area contributed by atoms with Gasteiger partial charge in [0.15, 0.2) is 0 Å². The Morgan fingerprint density at radius 3 is 3.22 bits per heavy atom. The second-order valence-electron chi connectivity index (χ2n) is 5.22. The highest BCUT2D eigenvalue weighted by Crippen LogP contribution is 2.13. The molecule has 1 aliphatic heterocycles. The van der Waals surface area contributed by atoms with Gasteiger partial charge in [0.05, 0.1) is 11.9 Å². The third-order valence-corrected chi connectivity index (χ3v) is 3.65. The highest BCUT2D eigenvalue weighted by molar-refractivity contribution is 5.48. The van der Waals surface area contributed by atoms with Gasteiger partial charge in [0.1, 0.15) is 5.65 Å². The van der Waals surface area contributed by atoms with Gasteiger partial charge >= 0.3 is 0 Å². The molecule has 3 heterocycles. The van der Waals surface area contributed by atoms with Gasteiger partial charge in [-0.05, 0) is 25.5 Å². The molecule has 0 radical (unpaired) electrons. The fraction of sp³-hybridized carbons (Fsp3) is 0.500. The summed E-state index contributed by atoms with van der Waals surface area (Å²) in [4.78, 5) is 7.02. The molecule has 1 fully saturated rings. The predicted molar refractivity (Wildman–Crippen MR) is 72.7 cm³/mol. The Balaban J connectivity index is 1.84. The smallest absolute Gasteiger partial charge is 0.139 e. The molecular formula is C14H20N4. The van der Waals surface area contributed by atoms with Crippen molar-refractivity contribution in [3.8, 4) is 0 Å². The predicted octanol–water partition coefficient (Wildman–Crippen LogP) is 1.44. The molecule has 3 rings (SSSR count). The van der Waals surface area contributed by atoms with Crippen molar-refractivity contribution in [2.75, 3.05) is 19.6 Å². The molecule has 0 bridgehead atoms. The van der Waals surface area contributed by atoms with Crippen molar-refractivity contribution in [2.45, 2.75) is 26.4 Å². The zero-order chi connectivity index (χ0) is 12.5. The van der Waals surface area contributed by atoms with Crippen LogP contribution >= 0.6 is 0 Å². The number of nitrogens with zero attached hydrogens (tertiary/aromatic N) is 3. The molecule has 4 nitrogen and oxygen atoms in total. The summed E-state index contributed by atoms with van der Waals surface area (Å²) >= 11 is 0. The van der Waals surface area contributed by atoms with E-state index in [-0.39, 0.29) is 0 Å². The fourth-order valence-corrected chi connectivity index (χ4v) is 2.70. The van der Waals surface area contributed by atoms with E-state index in [0.717, 1.165) is 31.8 Å². The highest BCUT2D eigenvalue weighted by atomic mass is 15.2. The van der Waals surface area contributed by atoms with Crippen molar-refractivity contribution in [3.05, 3.63) is 35.8 Å². The number of nitrogens with one attached hydrogen (secondary N) is 1. The van der Waals surface area contributed by atoms with Crippen LogP contribution in [0.4, 0.5) is 0 Å². The van der Waals surface area contributed by atoms with Crippen LogP contribution in [-0.2, 0) is 6.54 Å². The van der Waals surface area contributed by atoms with E-state index >= 15 is 0 Å². The Hall–Kier alpha value is -1.39. The second-order valence-corrected chi connectivity index (χ2v) is 5.22. The third kappa shape index (κ3) is 2.13. The van der Waals surface area contributed by atoms with Crippen LogP contribution in [0, 0.1) is 6.92 Å². The van der Waals surface area contributed by atoms with Crippen molar-refractivity contribution in [3.63, 3.8) is 0 Å². The van der Waals surface area contributed by atoms with Crippen LogP contribution in [0.5, 0.6) is 0 Å². The number of piperazine rings is 1. The molecule has 1 aliphatic rings. The topological polar surface area (TPSA) is 32.6 Å². The largest absolute Gasteiger partial charge is 0.312 e. The molecule has 2 aromatic rings. The van der Waals surface area contributed by atoms with Gasteiger partial charge in [-0.1, -0.05) is 6.07 Å². The Labute approximate surface area is 108 Å². The Morgan fingerprint density at radius 1 is 1.50 bits per heavy atom. The first-order valence-corrected chi connectivity index (χ1v) is 6.61. The minimum absolute atomic E-state index is 0.583. The fourth-order valence-electron chi connectivity index (χ4n) is 2.70. The molecule has 1 saturated heterocycles. The SMILES string of the molecule is Cc1cccn2c(CN3CCNC(C)C3)cnc12. The van der Waals surface area contributed by atoms with E-state index in [2.05, 4.69) is 51.8 Å². The molecule has 2 aromatic heterocycles. The normalized spacial score (nSPS) is 21.6. The van der Waals surface area contributed by atoms with Crippen LogP contribution in [0.3, 0.4) is 0 Å². The quantitative estimate of drug-likeness (QED) is 0.867. The number of fused-ring (bicyclic) bond motifs is 1. The molecule has 4 heteroatoms. The number of hydrogen-bond acceptors (Lipinski definition) is 3. The van der Waals surface area contributed by atoms with Gasteiger partial charge in [-0.15, -0.1) is 0 Å². The summed E-state index contributed by atoms with van der Waals surface area (Å²) in [5, 5.41) is 3.47. The first-order chi connectivity index (χ1) is 8.74. The van der Waals surface area contributed by atoms with Crippen molar-refractivity contribution in [1.82, 2.24) is 19.6 Å². The molecule has 0 aromatic carbocycles. The summed E-state index contributed by atoms with van der Waals surface area (Å²) in [7, 11) is 0. The van der Waals surface area contributed by atoms with Crippen molar-refractivity contribution >= 4 is 5.65 Å². The summed E-state index contributed by atoms with van der Waals surface area (Å²) in [6.07, 6.45) is 4.12. The van der Waals surface area contributed by atoms with Crippen LogP contribution in [0.15, 0.2) is 24.5 Å². The summed E-state index contributed by atoms with van der Waals surface area (Å²) in [5.41, 5.74) is 3.59. The van der Waals surface area contributed by atoms with Gasteiger partial charge in [-0.25, -0.2) is 4.98 Å². The van der Waals surface area contributed by atoms with E-state index in [4.69, 9.17) is 0 Å². The van der Waals surface area contributed by atoms with Gasteiger partial charge in [-0.2, -0.15) is 0 Å². The lowest BCUT2D eigenvalue weighted by Crippen LogP contribution is -2.48. The molecule has 0 saturated carbocycles. The van der Waals surface area contributed by atoms with E-state index in [1.807, 2.05) is 6.20 Å². The number of rotatable bonds is 2. The zero-order valence-electron chi connectivity index (χ0n) is 11.1. The number of pyridine rings is 1. The van der Waals surface area contributed by atoms with E-state index < -0.39 is 0 Å². The minimum Gasteiger partial charge on any atom is -0.312 e. The van der Waals surface area contributed by atoms with Crippen LogP contribution in [0.25, 0.3) is 5.65 Å². The average molecular weight is 244 g/mol. The molecule has 1 atom stereocenters. The van der Waals surface area contributed by atoms with E-state index in [1.165, 1.54) is 11.3 Å². The van der Waals surface area contributed by atoms with Crippen molar-refractivity contribution in [2.24, 2.45) is 0 Å². The summed E-state index contributed by atoms with van der Waals surface area (Å²) in [6, 6.07) is 4.78. The van der Waals surface area contributed by atoms with Gasteiger partial charge in [0.25, 0.3) is 0 Å². The van der Waals surface area contributed by atoms with Crippen LogP contribution in [-0.4, -0.2) is 40.0 Å². The molecule has 96 valence electrons. The standard InChI is InChI=1S/C14H20N4/c1-11-4-3-6-18-13(8-16-14(11)18)10-17-7-5-15-12(2)9-17/h3-4,6,8,12,15H,5,7,9-10H2,1-2H3. The van der Waals surface area contributed by atoms with E-state index in [9.17, 15) is 0 Å². The molecule has 18 heavy (non-hydrogen) atoms. The monoisotopic (exact) mass is 244 g/mol. The number of aromatic nitrogens is 2. The van der Waals surface area contributed by atoms with E-state index in [0.29, 0.717) is 6.04 Å². The number of aryl methyl sites for hydroxylation is 1. The summed E-state index contributed by atoms with van der Waals surface area (Å²) in [5.74, 6) is 0. The van der Waals surface area contributed by atoms with Gasteiger partial charge in [0, 0.05) is 38.4 Å². The zero-order valence-corrected chi connectivity index (χ0v) is 11.1. The molecule has 0 aliphatic carbocycles. The van der Waals surface area contributed by atoms with Gasteiger partial charge in [0.2, 0.25) is 0 Å². The Morgan fingerprint density at radius 2 is 2.39 bits per heavy atom. The first kappa shape index (κ1) is 11.7. The van der Waals surface area contributed by atoms with Gasteiger partial charge < -0.3 is 9.72 Å². The average Bonchev–Trinajstić information content (AvgIpc) is 2.74. The maximum atomic E-state index is 4.52. The van der Waals surface area contributed by atoms with Crippen LogP contribution in [0.2, 0.25) is 0 Å². The van der Waals surface area contributed by atoms with Crippen molar-refractivity contribution in [1.29, 1.82) is 0 Å². The number of imidazole rings is 1. The molecule has 0 amide bonds. The second kappa shape index (κ2) is 4.71. The molecular weight excluding hydrogens is 224 g/mol. The summed E-state index contributed by atoms with van der Waals surface area (Å²) in [6.45, 7) is 8.64. The lowest BCUT2D eigenvalue weighted by molar-refractivity contribution is 0.197. The lowest BCUT2D eigenvalue weighted by Gasteiger charge is -2.31. The third-order valence-electron chi connectivity index (χ3n) is 3.65. The Bertz CT molecular complexity index is 546. The highest BCUT2D eigenvalue weighted by Gasteiger charge is 2.17. The molecule has 1 unspecified atom stereocenters. The lowest BCUT2D eigenvalue weighted by atomic mass is 10.2. The maximum Gasteiger partial charge on any atom is 0.139 e. The van der Waals surface area contributed by atoms with Crippen LogP contribution in [0.1, 0.15) is 18.2 Å². The first-order valence-electron chi connectivity index (χ1n) is 6.61. The Kier molecular flexibility index (Phi) is 3.06. The van der Waals surface area contributed by atoms with Crippen LogP contribution < -0.4 is 5.32 Å². The number of hydrogen-bond donors (Lipinski definition) is 1. The molecule has 1 N–H and O–H groups in total. The van der Waals surface area contributed by atoms with E-state index in [1.54, 1.807) is 0 Å². The molecule has 0 spiro atoms. The minimum atomic E-state index is 0.583. The van der Waals surface area contributed by atoms with Crippen molar-refractivity contribution < 1.29 is 0 Å². The maximum absolute atomic E-state index is 4.52. The summed E-state index contributed by atoms with van der Waals surface area (Å²) < 4.78 is 2.21. The van der Waals surface area contributed by atoms with Gasteiger partial charge in [-0.3, -0.25) is 4.90 Å².